The highest BCUT2D eigenvalue weighted by atomic mass is 16.4. The first-order valence-electron chi connectivity index (χ1n) is 9.66. The maximum Gasteiger partial charge on any atom is 0.352 e. The van der Waals surface area contributed by atoms with Crippen LogP contribution in [0.25, 0.3) is 16.7 Å². The summed E-state index contributed by atoms with van der Waals surface area (Å²) in [6.07, 6.45) is 0.859. The first-order valence-corrected chi connectivity index (χ1v) is 9.66. The van der Waals surface area contributed by atoms with Gasteiger partial charge in [0, 0.05) is 5.92 Å². The molecule has 142 valence electrons. The standard InChI is InChI=1S/C23H21NO4/c1-12(25)18-20-16-10-9-14-7-8-15(13-5-3-2-4-6-13)11-17(14)19(16)21(23(27)28)24(20)22(18)26/h2-8,11-12,16,18,20,25H,9-10H2,1H3,(H,27,28)/t12?,16-,18?,20?/m0/s1. The Morgan fingerprint density at radius 1 is 1.14 bits per heavy atom. The van der Waals surface area contributed by atoms with E-state index in [1.54, 1.807) is 6.92 Å². The van der Waals surface area contributed by atoms with E-state index in [4.69, 9.17) is 0 Å². The molecule has 4 atom stereocenters. The highest BCUT2D eigenvalue weighted by molar-refractivity contribution is 6.07. The van der Waals surface area contributed by atoms with Gasteiger partial charge in [0.2, 0.25) is 5.91 Å². The van der Waals surface area contributed by atoms with Gasteiger partial charge in [-0.25, -0.2) is 4.79 Å². The Balaban J connectivity index is 1.67. The normalized spacial score (nSPS) is 26.3. The fourth-order valence-electron chi connectivity index (χ4n) is 5.22. The molecule has 28 heavy (non-hydrogen) atoms. The zero-order chi connectivity index (χ0) is 19.6. The summed E-state index contributed by atoms with van der Waals surface area (Å²) in [5.74, 6) is -1.91. The number of aliphatic carboxylic acids is 1. The van der Waals surface area contributed by atoms with E-state index in [1.807, 2.05) is 30.3 Å². The van der Waals surface area contributed by atoms with Crippen molar-refractivity contribution in [2.75, 3.05) is 0 Å². The number of benzene rings is 2. The Morgan fingerprint density at radius 2 is 1.89 bits per heavy atom. The molecule has 2 heterocycles. The summed E-state index contributed by atoms with van der Waals surface area (Å²) in [5, 5.41) is 20.0. The lowest BCUT2D eigenvalue weighted by Gasteiger charge is -2.47. The van der Waals surface area contributed by atoms with Crippen LogP contribution in [0.2, 0.25) is 0 Å². The average molecular weight is 375 g/mol. The molecule has 0 bridgehead atoms. The third kappa shape index (κ3) is 2.23. The van der Waals surface area contributed by atoms with Crippen LogP contribution in [0.3, 0.4) is 0 Å². The summed E-state index contributed by atoms with van der Waals surface area (Å²) in [4.78, 5) is 26.2. The van der Waals surface area contributed by atoms with Gasteiger partial charge < -0.3 is 15.1 Å². The molecule has 3 aliphatic rings. The Bertz CT molecular complexity index is 1020. The van der Waals surface area contributed by atoms with Crippen molar-refractivity contribution in [2.45, 2.75) is 31.9 Å². The number of carboxylic acid groups (broad SMARTS) is 1. The molecule has 0 aromatic heterocycles. The lowest BCUT2D eigenvalue weighted by molar-refractivity contribution is -0.163. The number of nitrogens with zero attached hydrogens (tertiary/aromatic N) is 1. The molecule has 2 aromatic carbocycles. The number of hydrogen-bond donors (Lipinski definition) is 2. The Labute approximate surface area is 162 Å². The van der Waals surface area contributed by atoms with E-state index in [0.29, 0.717) is 0 Å². The number of fused-ring (bicyclic) bond motifs is 5. The minimum absolute atomic E-state index is 0.0399. The number of carboxylic acids is 1. The van der Waals surface area contributed by atoms with Gasteiger partial charge in [-0.15, -0.1) is 0 Å². The molecule has 1 amide bonds. The van der Waals surface area contributed by atoms with Gasteiger partial charge in [0.15, 0.2) is 0 Å². The number of aliphatic hydroxyl groups excluding tert-OH is 1. The highest BCUT2D eigenvalue weighted by Gasteiger charge is 2.61. The molecule has 2 aliphatic heterocycles. The van der Waals surface area contributed by atoms with Gasteiger partial charge in [-0.05, 0) is 53.7 Å². The molecule has 2 aromatic rings. The minimum atomic E-state index is -1.07. The number of carbonyl (C=O) groups excluding carboxylic acids is 1. The lowest BCUT2D eigenvalue weighted by Crippen LogP contribution is -2.64. The summed E-state index contributed by atoms with van der Waals surface area (Å²) in [6.45, 7) is 1.61. The van der Waals surface area contributed by atoms with Crippen LogP contribution in [0.15, 0.2) is 54.2 Å². The lowest BCUT2D eigenvalue weighted by atomic mass is 9.70. The molecule has 2 N–H and O–H groups in total. The van der Waals surface area contributed by atoms with Gasteiger partial charge in [0.05, 0.1) is 18.1 Å². The van der Waals surface area contributed by atoms with Crippen molar-refractivity contribution in [1.82, 2.24) is 4.90 Å². The zero-order valence-corrected chi connectivity index (χ0v) is 15.5. The second-order valence-electron chi connectivity index (χ2n) is 7.92. The van der Waals surface area contributed by atoms with Gasteiger partial charge in [0.1, 0.15) is 5.70 Å². The van der Waals surface area contributed by atoms with Crippen LogP contribution in [0.5, 0.6) is 0 Å². The second kappa shape index (κ2) is 6.04. The smallest absolute Gasteiger partial charge is 0.352 e. The number of aryl methyl sites for hydroxylation is 1. The molecule has 1 aliphatic carbocycles. The Morgan fingerprint density at radius 3 is 2.57 bits per heavy atom. The van der Waals surface area contributed by atoms with Crippen molar-refractivity contribution in [1.29, 1.82) is 0 Å². The molecule has 5 heteroatoms. The van der Waals surface area contributed by atoms with Crippen LogP contribution in [0, 0.1) is 11.8 Å². The average Bonchev–Trinajstić information content (AvgIpc) is 2.99. The van der Waals surface area contributed by atoms with Crippen LogP contribution in [-0.4, -0.2) is 39.1 Å². The van der Waals surface area contributed by atoms with Gasteiger partial charge >= 0.3 is 5.97 Å². The van der Waals surface area contributed by atoms with Crippen molar-refractivity contribution >= 4 is 17.4 Å². The van der Waals surface area contributed by atoms with Crippen molar-refractivity contribution in [3.05, 3.63) is 65.4 Å². The molecule has 3 unspecified atom stereocenters. The topological polar surface area (TPSA) is 77.8 Å². The number of β-lactam (4-membered cyclic amide) rings is 1. The predicted octanol–water partition coefficient (Wildman–Crippen LogP) is 2.93. The highest BCUT2D eigenvalue weighted by Crippen LogP contribution is 2.54. The monoisotopic (exact) mass is 375 g/mol. The van der Waals surface area contributed by atoms with E-state index in [-0.39, 0.29) is 23.6 Å². The fourth-order valence-corrected chi connectivity index (χ4v) is 5.22. The van der Waals surface area contributed by atoms with Gasteiger partial charge in [-0.3, -0.25) is 4.79 Å². The van der Waals surface area contributed by atoms with Gasteiger partial charge in [0.25, 0.3) is 0 Å². The predicted molar refractivity (Wildman–Crippen MR) is 104 cm³/mol. The van der Waals surface area contributed by atoms with Crippen LogP contribution in [0.1, 0.15) is 24.5 Å². The minimum Gasteiger partial charge on any atom is -0.477 e. The van der Waals surface area contributed by atoms with Crippen LogP contribution < -0.4 is 0 Å². The third-order valence-corrected chi connectivity index (χ3v) is 6.42. The summed E-state index contributed by atoms with van der Waals surface area (Å²) >= 11 is 0. The molecule has 5 rings (SSSR count). The third-order valence-electron chi connectivity index (χ3n) is 6.42. The molecule has 0 spiro atoms. The second-order valence-corrected chi connectivity index (χ2v) is 7.92. The number of hydrogen-bond acceptors (Lipinski definition) is 3. The van der Waals surface area contributed by atoms with E-state index < -0.39 is 18.0 Å². The Hall–Kier alpha value is -2.92. The number of carbonyl (C=O) groups is 2. The first-order chi connectivity index (χ1) is 13.5. The first kappa shape index (κ1) is 17.2. The maximum atomic E-state index is 12.6. The van der Waals surface area contributed by atoms with Gasteiger partial charge in [-0.2, -0.15) is 0 Å². The summed E-state index contributed by atoms with van der Waals surface area (Å²) in [5.41, 5.74) is 5.01. The molecular weight excluding hydrogens is 354 g/mol. The van der Waals surface area contributed by atoms with Crippen LogP contribution >= 0.6 is 0 Å². The van der Waals surface area contributed by atoms with Crippen LogP contribution in [-0.2, 0) is 16.0 Å². The molecule has 5 nitrogen and oxygen atoms in total. The summed E-state index contributed by atoms with van der Waals surface area (Å²) < 4.78 is 0. The van der Waals surface area contributed by atoms with E-state index in [0.717, 1.165) is 40.7 Å². The van der Waals surface area contributed by atoms with Crippen molar-refractivity contribution in [2.24, 2.45) is 11.8 Å². The Kier molecular flexibility index (Phi) is 3.71. The van der Waals surface area contributed by atoms with Crippen LogP contribution in [0.4, 0.5) is 0 Å². The van der Waals surface area contributed by atoms with Gasteiger partial charge in [-0.1, -0.05) is 42.5 Å². The number of aliphatic hydroxyl groups is 1. The van der Waals surface area contributed by atoms with Crippen molar-refractivity contribution in [3.63, 3.8) is 0 Å². The maximum absolute atomic E-state index is 12.6. The SMILES string of the molecule is CC(O)C1C(=O)N2C(C(=O)O)=C3c4cc(-c5ccccc5)ccc4CC[C@@H]3C12. The molecule has 1 saturated heterocycles. The van der Waals surface area contributed by atoms with E-state index in [9.17, 15) is 19.8 Å². The quantitative estimate of drug-likeness (QED) is 0.809. The molecule has 1 fully saturated rings. The summed E-state index contributed by atoms with van der Waals surface area (Å²) in [7, 11) is 0. The summed E-state index contributed by atoms with van der Waals surface area (Å²) in [6, 6.07) is 15.9. The van der Waals surface area contributed by atoms with Crippen molar-refractivity contribution in [3.8, 4) is 11.1 Å². The van der Waals surface area contributed by atoms with E-state index >= 15 is 0 Å². The molecule has 0 radical (unpaired) electrons. The molecule has 0 saturated carbocycles. The largest absolute Gasteiger partial charge is 0.477 e. The molecular formula is C23H21NO4. The van der Waals surface area contributed by atoms with E-state index in [1.165, 1.54) is 4.90 Å². The number of rotatable bonds is 3. The number of amides is 1. The van der Waals surface area contributed by atoms with E-state index in [2.05, 4.69) is 18.2 Å². The zero-order valence-electron chi connectivity index (χ0n) is 15.5. The van der Waals surface area contributed by atoms with Crippen molar-refractivity contribution < 1.29 is 19.8 Å². The fraction of sp³-hybridized carbons (Fsp3) is 0.304.